The lowest BCUT2D eigenvalue weighted by Gasteiger charge is -2.07. The summed E-state index contributed by atoms with van der Waals surface area (Å²) in [5.41, 5.74) is 0. The topological polar surface area (TPSA) is 44.7 Å². The molecule has 0 aliphatic carbocycles. The quantitative estimate of drug-likeness (QED) is 0.342. The van der Waals surface area contributed by atoms with Crippen LogP contribution >= 0.6 is 0 Å². The zero-order valence-corrected chi connectivity index (χ0v) is 8.05. The fourth-order valence-corrected chi connectivity index (χ4v) is 1.04. The van der Waals surface area contributed by atoms with Crippen LogP contribution in [0.4, 0.5) is 0 Å². The monoisotopic (exact) mass is 173 g/mol. The number of nitrogens with zero attached hydrogens (tertiary/aromatic N) is 2. The van der Waals surface area contributed by atoms with Gasteiger partial charge in [-0.1, -0.05) is 12.8 Å². The summed E-state index contributed by atoms with van der Waals surface area (Å²) in [5, 5.41) is 7.34. The van der Waals surface area contributed by atoms with Gasteiger partial charge in [0, 0.05) is 13.6 Å². The zero-order chi connectivity index (χ0) is 9.23. The molecule has 0 spiro atoms. The Morgan fingerprint density at radius 2 is 1.92 bits per heavy atom. The predicted octanol–water partition coefficient (Wildman–Crippen LogP) is 1.38. The Morgan fingerprint density at radius 3 is 2.50 bits per heavy atom. The Labute approximate surface area is 74.3 Å². The van der Waals surface area contributed by atoms with E-state index in [9.17, 15) is 4.91 Å². The molecule has 0 radical (unpaired) electrons. The Kier molecular flexibility index (Phi) is 8.01. The van der Waals surface area contributed by atoms with Crippen molar-refractivity contribution in [2.24, 2.45) is 5.29 Å². The van der Waals surface area contributed by atoms with E-state index in [0.29, 0.717) is 0 Å². The molecule has 0 aromatic heterocycles. The predicted molar refractivity (Wildman–Crippen MR) is 50.8 cm³/mol. The van der Waals surface area contributed by atoms with Gasteiger partial charge < -0.3 is 5.32 Å². The SMILES string of the molecule is CNCCCCCCN(C)N=O. The van der Waals surface area contributed by atoms with Crippen molar-refractivity contribution in [3.05, 3.63) is 4.91 Å². The van der Waals surface area contributed by atoms with Crippen molar-refractivity contribution in [1.82, 2.24) is 10.3 Å². The van der Waals surface area contributed by atoms with Gasteiger partial charge in [0.2, 0.25) is 0 Å². The molecule has 1 N–H and O–H groups in total. The second-order valence-corrected chi connectivity index (χ2v) is 2.98. The van der Waals surface area contributed by atoms with Crippen LogP contribution in [0.3, 0.4) is 0 Å². The van der Waals surface area contributed by atoms with Crippen molar-refractivity contribution in [3.63, 3.8) is 0 Å². The van der Waals surface area contributed by atoms with Crippen molar-refractivity contribution >= 4 is 0 Å². The van der Waals surface area contributed by atoms with Crippen LogP contribution in [0.15, 0.2) is 5.29 Å². The van der Waals surface area contributed by atoms with E-state index >= 15 is 0 Å². The fraction of sp³-hybridized carbons (Fsp3) is 1.00. The van der Waals surface area contributed by atoms with Crippen LogP contribution < -0.4 is 5.32 Å². The third-order valence-corrected chi connectivity index (χ3v) is 1.80. The van der Waals surface area contributed by atoms with Gasteiger partial charge in [0.1, 0.15) is 0 Å². The van der Waals surface area contributed by atoms with Gasteiger partial charge in [-0.15, -0.1) is 4.91 Å². The first-order chi connectivity index (χ1) is 5.81. The molecule has 0 saturated carbocycles. The number of hydrogen-bond acceptors (Lipinski definition) is 3. The van der Waals surface area contributed by atoms with Gasteiger partial charge in [0.25, 0.3) is 0 Å². The van der Waals surface area contributed by atoms with E-state index < -0.39 is 0 Å². The summed E-state index contributed by atoms with van der Waals surface area (Å²) in [4.78, 5) is 9.94. The minimum Gasteiger partial charge on any atom is -0.320 e. The summed E-state index contributed by atoms with van der Waals surface area (Å²) >= 11 is 0. The van der Waals surface area contributed by atoms with Crippen molar-refractivity contribution < 1.29 is 0 Å². The molecular formula is C8H19N3O. The Bertz CT molecular complexity index is 108. The van der Waals surface area contributed by atoms with Gasteiger partial charge in [-0.3, -0.25) is 5.01 Å². The fourth-order valence-electron chi connectivity index (χ4n) is 1.04. The van der Waals surface area contributed by atoms with E-state index in [0.717, 1.165) is 19.5 Å². The third kappa shape index (κ3) is 7.47. The van der Waals surface area contributed by atoms with Crippen molar-refractivity contribution in [1.29, 1.82) is 0 Å². The molecule has 0 atom stereocenters. The lowest BCUT2D eigenvalue weighted by molar-refractivity contribution is 0.337. The van der Waals surface area contributed by atoms with E-state index in [-0.39, 0.29) is 0 Å². The number of rotatable bonds is 8. The third-order valence-electron chi connectivity index (χ3n) is 1.80. The largest absolute Gasteiger partial charge is 0.320 e. The maximum Gasteiger partial charge on any atom is 0.0521 e. The molecule has 0 rings (SSSR count). The summed E-state index contributed by atoms with van der Waals surface area (Å²) in [6.07, 6.45) is 4.69. The normalized spacial score (nSPS) is 9.83. The second kappa shape index (κ2) is 8.46. The highest BCUT2D eigenvalue weighted by Crippen LogP contribution is 1.99. The molecule has 0 fully saturated rings. The Morgan fingerprint density at radius 1 is 1.25 bits per heavy atom. The molecule has 4 nitrogen and oxygen atoms in total. The number of nitroso groups, excluding NO2 is 1. The molecular weight excluding hydrogens is 154 g/mol. The molecule has 0 aromatic rings. The Balaban J connectivity index is 2.95. The van der Waals surface area contributed by atoms with Gasteiger partial charge in [-0.2, -0.15) is 0 Å². The van der Waals surface area contributed by atoms with Crippen molar-refractivity contribution in [2.45, 2.75) is 25.7 Å². The molecule has 0 amide bonds. The van der Waals surface area contributed by atoms with Gasteiger partial charge in [0.05, 0.1) is 5.29 Å². The highest BCUT2D eigenvalue weighted by Gasteiger charge is 1.93. The first-order valence-electron chi connectivity index (χ1n) is 4.50. The van der Waals surface area contributed by atoms with Crippen LogP contribution in [0.1, 0.15) is 25.7 Å². The molecule has 0 saturated heterocycles. The van der Waals surface area contributed by atoms with Crippen molar-refractivity contribution in [3.8, 4) is 0 Å². The molecule has 12 heavy (non-hydrogen) atoms. The molecule has 0 aliphatic rings. The highest BCUT2D eigenvalue weighted by atomic mass is 16.3. The smallest absolute Gasteiger partial charge is 0.0521 e. The molecule has 0 heterocycles. The summed E-state index contributed by atoms with van der Waals surface area (Å²) in [5.74, 6) is 0. The number of unbranched alkanes of at least 4 members (excludes halogenated alkanes) is 3. The minimum atomic E-state index is 0.781. The minimum absolute atomic E-state index is 0.781. The standard InChI is InChI=1S/C8H19N3O/c1-9-7-5-3-4-6-8-11(2)10-12/h9H,3-8H2,1-2H3. The average Bonchev–Trinajstić information content (AvgIpc) is 2.10. The van der Waals surface area contributed by atoms with Gasteiger partial charge in [0.15, 0.2) is 0 Å². The van der Waals surface area contributed by atoms with Crippen LogP contribution in [0.2, 0.25) is 0 Å². The second-order valence-electron chi connectivity index (χ2n) is 2.98. The van der Waals surface area contributed by atoms with Gasteiger partial charge >= 0.3 is 0 Å². The van der Waals surface area contributed by atoms with Crippen molar-refractivity contribution in [2.75, 3.05) is 27.2 Å². The van der Waals surface area contributed by atoms with E-state index in [1.54, 1.807) is 7.05 Å². The van der Waals surface area contributed by atoms with Gasteiger partial charge in [-0.25, -0.2) is 0 Å². The molecule has 4 heteroatoms. The summed E-state index contributed by atoms with van der Waals surface area (Å²) < 4.78 is 0. The summed E-state index contributed by atoms with van der Waals surface area (Å²) in [6.45, 7) is 1.87. The van der Waals surface area contributed by atoms with Crippen LogP contribution in [0.5, 0.6) is 0 Å². The maximum absolute atomic E-state index is 9.94. The molecule has 0 aliphatic heterocycles. The lowest BCUT2D eigenvalue weighted by atomic mass is 10.2. The zero-order valence-electron chi connectivity index (χ0n) is 8.05. The van der Waals surface area contributed by atoms with Crippen LogP contribution in [-0.2, 0) is 0 Å². The Hall–Kier alpha value is -0.640. The van der Waals surface area contributed by atoms with Crippen LogP contribution in [0, 0.1) is 4.91 Å². The van der Waals surface area contributed by atoms with E-state index in [1.165, 1.54) is 24.3 Å². The molecule has 72 valence electrons. The first-order valence-corrected chi connectivity index (χ1v) is 4.50. The first kappa shape index (κ1) is 11.4. The highest BCUT2D eigenvalue weighted by molar-refractivity contribution is 4.48. The maximum atomic E-state index is 9.94. The van der Waals surface area contributed by atoms with E-state index in [1.807, 2.05) is 7.05 Å². The average molecular weight is 173 g/mol. The lowest BCUT2D eigenvalue weighted by Crippen LogP contribution is -2.11. The molecule has 0 unspecified atom stereocenters. The van der Waals surface area contributed by atoms with Gasteiger partial charge in [-0.05, 0) is 26.4 Å². The summed E-state index contributed by atoms with van der Waals surface area (Å²) in [7, 11) is 3.67. The van der Waals surface area contributed by atoms with E-state index in [2.05, 4.69) is 10.6 Å². The van der Waals surface area contributed by atoms with Crippen LogP contribution in [0.25, 0.3) is 0 Å². The number of nitrogens with one attached hydrogen (secondary N) is 1. The molecule has 0 aromatic carbocycles. The molecule has 0 bridgehead atoms. The van der Waals surface area contributed by atoms with Crippen LogP contribution in [-0.4, -0.2) is 32.2 Å². The number of hydrogen-bond donors (Lipinski definition) is 1. The summed E-state index contributed by atoms with van der Waals surface area (Å²) in [6, 6.07) is 0. The van der Waals surface area contributed by atoms with E-state index in [4.69, 9.17) is 0 Å².